The van der Waals surface area contributed by atoms with Gasteiger partial charge in [-0.1, -0.05) is 30.3 Å². The first kappa shape index (κ1) is 28.2. The van der Waals surface area contributed by atoms with E-state index in [0.29, 0.717) is 30.0 Å². The van der Waals surface area contributed by atoms with E-state index in [1.54, 1.807) is 42.3 Å². The molecule has 0 bridgehead atoms. The lowest BCUT2D eigenvalue weighted by atomic mass is 9.75. The van der Waals surface area contributed by atoms with Crippen molar-refractivity contribution in [3.05, 3.63) is 101 Å². The molecule has 0 aliphatic carbocycles. The molecule has 4 rings (SSSR count). The minimum absolute atomic E-state index is 0.196. The van der Waals surface area contributed by atoms with Crippen LogP contribution in [0.2, 0.25) is 0 Å². The van der Waals surface area contributed by atoms with E-state index in [0.717, 1.165) is 5.56 Å². The highest BCUT2D eigenvalue weighted by Gasteiger charge is 2.49. The van der Waals surface area contributed by atoms with E-state index in [9.17, 15) is 22.8 Å². The molecule has 3 aromatic carbocycles. The van der Waals surface area contributed by atoms with E-state index in [2.05, 4.69) is 0 Å². The molecule has 1 aliphatic rings. The molecule has 1 amide bonds. The first-order valence-corrected chi connectivity index (χ1v) is 12.6. The van der Waals surface area contributed by atoms with Crippen molar-refractivity contribution >= 4 is 11.9 Å². The molecule has 206 valence electrons. The predicted molar refractivity (Wildman–Crippen MR) is 140 cm³/mol. The van der Waals surface area contributed by atoms with Crippen molar-refractivity contribution in [3.8, 4) is 5.75 Å². The molecule has 0 radical (unpaired) electrons. The molecule has 0 N–H and O–H groups in total. The number of amides is 1. The van der Waals surface area contributed by atoms with Gasteiger partial charge in [0, 0.05) is 43.6 Å². The Kier molecular flexibility index (Phi) is 8.60. The summed E-state index contributed by atoms with van der Waals surface area (Å²) < 4.78 is 53.2. The van der Waals surface area contributed by atoms with Gasteiger partial charge in [-0.15, -0.1) is 0 Å². The molecular weight excluding hydrogens is 509 g/mol. The number of likely N-dealkylation sites (tertiary alicyclic amines) is 1. The molecule has 1 saturated heterocycles. The number of rotatable bonds is 8. The summed E-state index contributed by atoms with van der Waals surface area (Å²) in [7, 11) is 5.32. The minimum Gasteiger partial charge on any atom is -0.497 e. The highest BCUT2D eigenvalue weighted by molar-refractivity contribution is 5.89. The third-order valence-corrected chi connectivity index (χ3v) is 7.07. The van der Waals surface area contributed by atoms with Gasteiger partial charge in [-0.3, -0.25) is 4.79 Å². The number of esters is 1. The van der Waals surface area contributed by atoms with Crippen molar-refractivity contribution in [2.45, 2.75) is 18.4 Å². The monoisotopic (exact) mass is 540 g/mol. The normalized spacial score (nSPS) is 19.2. The maximum absolute atomic E-state index is 14.3. The van der Waals surface area contributed by atoms with E-state index in [1.165, 1.54) is 0 Å². The van der Waals surface area contributed by atoms with Crippen LogP contribution >= 0.6 is 0 Å². The van der Waals surface area contributed by atoms with Crippen LogP contribution < -0.4 is 4.74 Å². The van der Waals surface area contributed by atoms with E-state index >= 15 is 0 Å². The Hall–Kier alpha value is -3.85. The second-order valence-electron chi connectivity index (χ2n) is 9.96. The summed E-state index contributed by atoms with van der Waals surface area (Å²) in [6.45, 7) is 0.859. The number of carbonyl (C=O) groups is 2. The molecule has 0 saturated carbocycles. The molecule has 0 unspecified atom stereocenters. The zero-order valence-corrected chi connectivity index (χ0v) is 22.1. The summed E-state index contributed by atoms with van der Waals surface area (Å²) in [4.78, 5) is 30.1. The van der Waals surface area contributed by atoms with Crippen molar-refractivity contribution in [3.63, 3.8) is 0 Å². The van der Waals surface area contributed by atoms with Crippen LogP contribution in [0.15, 0.2) is 66.7 Å². The Balaban J connectivity index is 1.68. The minimum atomic E-state index is -1.31. The van der Waals surface area contributed by atoms with E-state index in [-0.39, 0.29) is 31.0 Å². The van der Waals surface area contributed by atoms with Gasteiger partial charge in [0.2, 0.25) is 5.91 Å². The van der Waals surface area contributed by atoms with Crippen LogP contribution in [0.5, 0.6) is 5.75 Å². The van der Waals surface area contributed by atoms with Crippen molar-refractivity contribution in [2.24, 2.45) is 5.92 Å². The van der Waals surface area contributed by atoms with E-state index in [1.807, 2.05) is 43.3 Å². The maximum Gasteiger partial charge on any atom is 0.339 e. The summed E-state index contributed by atoms with van der Waals surface area (Å²) in [6, 6.07) is 17.2. The molecular formula is C30H31F3N2O4. The largest absolute Gasteiger partial charge is 0.497 e. The molecule has 0 spiro atoms. The van der Waals surface area contributed by atoms with Crippen LogP contribution in [0.4, 0.5) is 13.2 Å². The average molecular weight is 541 g/mol. The third kappa shape index (κ3) is 6.25. The molecule has 1 heterocycles. The molecule has 9 heteroatoms. The highest BCUT2D eigenvalue weighted by Crippen LogP contribution is 2.43. The molecule has 3 aromatic rings. The fraction of sp³-hybridized carbons (Fsp3) is 0.333. The van der Waals surface area contributed by atoms with Crippen LogP contribution in [-0.4, -0.2) is 62.5 Å². The lowest BCUT2D eigenvalue weighted by Crippen LogP contribution is -2.56. The van der Waals surface area contributed by atoms with Crippen LogP contribution in [-0.2, 0) is 21.6 Å². The van der Waals surface area contributed by atoms with Gasteiger partial charge in [0.1, 0.15) is 17.2 Å². The standard InChI is InChI=1S/C30H31F3N2O4/c1-34(2)18-23-19-35(28(36)15-21-14-26(32)27(33)17-25(21)31)13-12-30(23,22-10-7-11-24(16-22)38-3)39-29(37)20-8-5-4-6-9-20/h4-11,14,16-17,23H,12-13,15,18-19H2,1-3H3/t23-,30-/m1/s1. The summed E-state index contributed by atoms with van der Waals surface area (Å²) >= 11 is 0. The Bertz CT molecular complexity index is 1340. The van der Waals surface area contributed by atoms with Crippen molar-refractivity contribution < 1.29 is 32.2 Å². The lowest BCUT2D eigenvalue weighted by Gasteiger charge is -2.48. The van der Waals surface area contributed by atoms with Crippen LogP contribution in [0.3, 0.4) is 0 Å². The third-order valence-electron chi connectivity index (χ3n) is 7.07. The molecule has 1 fully saturated rings. The van der Waals surface area contributed by atoms with E-state index in [4.69, 9.17) is 9.47 Å². The van der Waals surface area contributed by atoms with Crippen LogP contribution in [0.25, 0.3) is 0 Å². The van der Waals surface area contributed by atoms with Crippen LogP contribution in [0.1, 0.15) is 27.9 Å². The predicted octanol–water partition coefficient (Wildman–Crippen LogP) is 4.82. The maximum atomic E-state index is 14.3. The Morgan fingerprint density at radius 3 is 2.38 bits per heavy atom. The summed E-state index contributed by atoms with van der Waals surface area (Å²) in [5, 5.41) is 0. The number of piperidine rings is 1. The second kappa shape index (κ2) is 11.9. The summed E-state index contributed by atoms with van der Waals surface area (Å²) in [5.41, 5.74) is -0.189. The van der Waals surface area contributed by atoms with Crippen molar-refractivity contribution in [1.82, 2.24) is 9.80 Å². The lowest BCUT2D eigenvalue weighted by molar-refractivity contribution is -0.142. The Labute approximate surface area is 225 Å². The zero-order chi connectivity index (χ0) is 28.2. The van der Waals surface area contributed by atoms with Gasteiger partial charge in [0.15, 0.2) is 11.6 Å². The van der Waals surface area contributed by atoms with Gasteiger partial charge in [0.05, 0.1) is 19.1 Å². The van der Waals surface area contributed by atoms with Gasteiger partial charge in [0.25, 0.3) is 0 Å². The molecule has 39 heavy (non-hydrogen) atoms. The Morgan fingerprint density at radius 2 is 1.69 bits per heavy atom. The number of carbonyl (C=O) groups excluding carboxylic acids is 2. The van der Waals surface area contributed by atoms with Gasteiger partial charge in [-0.25, -0.2) is 18.0 Å². The fourth-order valence-corrected chi connectivity index (χ4v) is 5.11. The number of halogens is 3. The molecule has 1 aliphatic heterocycles. The highest BCUT2D eigenvalue weighted by atomic mass is 19.2. The molecule has 2 atom stereocenters. The number of ether oxygens (including phenoxy) is 2. The van der Waals surface area contributed by atoms with Crippen molar-refractivity contribution in [1.29, 1.82) is 0 Å². The van der Waals surface area contributed by atoms with Gasteiger partial charge >= 0.3 is 5.97 Å². The second-order valence-corrected chi connectivity index (χ2v) is 9.96. The van der Waals surface area contributed by atoms with Gasteiger partial charge in [-0.05, 0) is 50.0 Å². The number of hydrogen-bond acceptors (Lipinski definition) is 5. The number of methoxy groups -OCH3 is 1. The molecule has 6 nitrogen and oxygen atoms in total. The summed E-state index contributed by atoms with van der Waals surface area (Å²) in [5.74, 6) is -4.21. The van der Waals surface area contributed by atoms with Gasteiger partial charge in [-0.2, -0.15) is 0 Å². The Morgan fingerprint density at radius 1 is 0.974 bits per heavy atom. The average Bonchev–Trinajstić information content (AvgIpc) is 2.92. The van der Waals surface area contributed by atoms with Crippen molar-refractivity contribution in [2.75, 3.05) is 40.8 Å². The first-order chi connectivity index (χ1) is 18.6. The molecule has 0 aromatic heterocycles. The quantitative estimate of drug-likeness (QED) is 0.303. The van der Waals surface area contributed by atoms with E-state index < -0.39 is 41.4 Å². The number of hydrogen-bond donors (Lipinski definition) is 0. The van der Waals surface area contributed by atoms with Gasteiger partial charge < -0.3 is 19.3 Å². The topological polar surface area (TPSA) is 59.1 Å². The number of benzene rings is 3. The van der Waals surface area contributed by atoms with Crippen LogP contribution in [0, 0.1) is 23.4 Å². The first-order valence-electron chi connectivity index (χ1n) is 12.6. The fourth-order valence-electron chi connectivity index (χ4n) is 5.11. The zero-order valence-electron chi connectivity index (χ0n) is 22.1. The summed E-state index contributed by atoms with van der Waals surface area (Å²) in [6.07, 6.45) is -0.156. The number of nitrogens with zero attached hydrogens (tertiary/aromatic N) is 2. The SMILES string of the molecule is COc1cccc([C@]2(OC(=O)c3ccccc3)CCN(C(=O)Cc3cc(F)c(F)cc3F)C[C@H]2CN(C)C)c1. The smallest absolute Gasteiger partial charge is 0.339 e.